The van der Waals surface area contributed by atoms with Gasteiger partial charge in [0, 0.05) is 17.9 Å². The topological polar surface area (TPSA) is 9.23 Å². The fourth-order valence-corrected chi connectivity index (χ4v) is 2.34. The minimum absolute atomic E-state index is 0.148. The molecular weight excluding hydrogens is 263 g/mol. The summed E-state index contributed by atoms with van der Waals surface area (Å²) in [5.74, 6) is 6.44. The summed E-state index contributed by atoms with van der Waals surface area (Å²) in [5.41, 5.74) is 0.775. The van der Waals surface area contributed by atoms with E-state index in [0.29, 0.717) is 18.1 Å². The molecule has 19 heavy (non-hydrogen) atoms. The van der Waals surface area contributed by atoms with E-state index in [4.69, 9.17) is 16.3 Å². The summed E-state index contributed by atoms with van der Waals surface area (Å²) in [4.78, 5) is 0. The number of hydrogen-bond donors (Lipinski definition) is 0. The van der Waals surface area contributed by atoms with Crippen molar-refractivity contribution in [1.82, 2.24) is 0 Å². The van der Waals surface area contributed by atoms with Gasteiger partial charge in [0.15, 0.2) is 11.6 Å². The normalized spacial score (nSPS) is 15.7. The highest BCUT2D eigenvalue weighted by Crippen LogP contribution is 2.26. The Kier molecular flexibility index (Phi) is 5.54. The van der Waals surface area contributed by atoms with E-state index in [1.807, 2.05) is 0 Å². The zero-order chi connectivity index (χ0) is 13.5. The summed E-state index contributed by atoms with van der Waals surface area (Å²) >= 11 is 5.57. The van der Waals surface area contributed by atoms with Gasteiger partial charge in [-0.1, -0.05) is 18.3 Å². The molecule has 1 fully saturated rings. The number of benzene rings is 1. The van der Waals surface area contributed by atoms with Gasteiger partial charge in [0.1, 0.15) is 0 Å². The van der Waals surface area contributed by atoms with Gasteiger partial charge in [-0.05, 0) is 43.9 Å². The van der Waals surface area contributed by atoms with Gasteiger partial charge in [-0.25, -0.2) is 4.39 Å². The van der Waals surface area contributed by atoms with Crippen LogP contribution in [0.3, 0.4) is 0 Å². The Morgan fingerprint density at radius 2 is 2.05 bits per heavy atom. The monoisotopic (exact) mass is 280 g/mol. The van der Waals surface area contributed by atoms with Crippen molar-refractivity contribution in [3.05, 3.63) is 29.6 Å². The zero-order valence-corrected chi connectivity index (χ0v) is 11.7. The Morgan fingerprint density at radius 1 is 1.26 bits per heavy atom. The van der Waals surface area contributed by atoms with Gasteiger partial charge in [-0.15, -0.1) is 11.6 Å². The van der Waals surface area contributed by atoms with Crippen molar-refractivity contribution in [2.75, 3.05) is 5.88 Å². The van der Waals surface area contributed by atoms with Gasteiger partial charge in [0.2, 0.25) is 0 Å². The maximum atomic E-state index is 13.7. The predicted molar refractivity (Wildman–Crippen MR) is 76.1 cm³/mol. The fraction of sp³-hybridized carbons (Fsp3) is 0.500. The molecule has 1 aromatic carbocycles. The third-order valence-corrected chi connectivity index (χ3v) is 3.42. The van der Waals surface area contributed by atoms with Crippen LogP contribution in [0.25, 0.3) is 0 Å². The molecule has 0 radical (unpaired) electrons. The van der Waals surface area contributed by atoms with Crippen LogP contribution >= 0.6 is 11.6 Å². The van der Waals surface area contributed by atoms with Gasteiger partial charge in [0.05, 0.1) is 6.10 Å². The van der Waals surface area contributed by atoms with Gasteiger partial charge < -0.3 is 4.74 Å². The van der Waals surface area contributed by atoms with E-state index in [9.17, 15) is 4.39 Å². The maximum Gasteiger partial charge on any atom is 0.165 e. The molecule has 102 valence electrons. The Balaban J connectivity index is 2.06. The summed E-state index contributed by atoms with van der Waals surface area (Å²) in [6.07, 6.45) is 6.41. The molecule has 0 spiro atoms. The Hall–Kier alpha value is -1.20. The summed E-state index contributed by atoms with van der Waals surface area (Å²) in [6, 6.07) is 4.78. The van der Waals surface area contributed by atoms with Crippen LogP contribution in [0.1, 0.15) is 44.1 Å². The summed E-state index contributed by atoms with van der Waals surface area (Å²) in [6.45, 7) is 0. The first-order valence-corrected chi connectivity index (χ1v) is 7.34. The van der Waals surface area contributed by atoms with E-state index in [0.717, 1.165) is 18.4 Å². The highest BCUT2D eigenvalue weighted by atomic mass is 35.5. The van der Waals surface area contributed by atoms with Crippen molar-refractivity contribution in [3.63, 3.8) is 0 Å². The minimum atomic E-state index is -0.312. The SMILES string of the molecule is Fc1ccc(C#CCCCl)cc1OC1CCCCC1. The van der Waals surface area contributed by atoms with E-state index in [2.05, 4.69) is 11.8 Å². The molecule has 1 aliphatic rings. The molecule has 1 aliphatic carbocycles. The summed E-state index contributed by atoms with van der Waals surface area (Å²) < 4.78 is 19.5. The van der Waals surface area contributed by atoms with Crippen LogP contribution in [-0.2, 0) is 0 Å². The molecule has 1 aromatic rings. The van der Waals surface area contributed by atoms with E-state index in [1.54, 1.807) is 12.1 Å². The molecule has 1 saturated carbocycles. The number of rotatable bonds is 3. The quantitative estimate of drug-likeness (QED) is 0.584. The molecule has 0 heterocycles. The van der Waals surface area contributed by atoms with Crippen molar-refractivity contribution in [2.45, 2.75) is 44.6 Å². The zero-order valence-electron chi connectivity index (χ0n) is 10.9. The van der Waals surface area contributed by atoms with Crippen LogP contribution in [0, 0.1) is 17.7 Å². The number of halogens is 2. The van der Waals surface area contributed by atoms with Gasteiger partial charge >= 0.3 is 0 Å². The van der Waals surface area contributed by atoms with Crippen LogP contribution in [0.5, 0.6) is 5.75 Å². The lowest BCUT2D eigenvalue weighted by molar-refractivity contribution is 0.148. The number of alkyl halides is 1. The lowest BCUT2D eigenvalue weighted by atomic mass is 9.98. The first kappa shape index (κ1) is 14.2. The van der Waals surface area contributed by atoms with Gasteiger partial charge in [0.25, 0.3) is 0 Å². The third-order valence-electron chi connectivity index (χ3n) is 3.23. The molecule has 0 aromatic heterocycles. The Bertz CT molecular complexity index is 469. The molecule has 2 rings (SSSR count). The molecule has 0 unspecified atom stereocenters. The van der Waals surface area contributed by atoms with Crippen molar-refractivity contribution in [3.8, 4) is 17.6 Å². The minimum Gasteiger partial charge on any atom is -0.487 e. The molecule has 0 atom stereocenters. The second-order valence-corrected chi connectivity index (χ2v) is 5.14. The van der Waals surface area contributed by atoms with Crippen LogP contribution in [-0.4, -0.2) is 12.0 Å². The highest BCUT2D eigenvalue weighted by molar-refractivity contribution is 6.18. The summed E-state index contributed by atoms with van der Waals surface area (Å²) in [5, 5.41) is 0. The molecule has 0 amide bonds. The van der Waals surface area contributed by atoms with Crippen LogP contribution in [0.4, 0.5) is 4.39 Å². The van der Waals surface area contributed by atoms with Crippen LogP contribution in [0.2, 0.25) is 0 Å². The third kappa shape index (κ3) is 4.44. The second-order valence-electron chi connectivity index (χ2n) is 4.76. The van der Waals surface area contributed by atoms with Crippen LogP contribution < -0.4 is 4.74 Å². The highest BCUT2D eigenvalue weighted by Gasteiger charge is 2.16. The largest absolute Gasteiger partial charge is 0.487 e. The predicted octanol–water partition coefficient (Wildman–Crippen LogP) is 4.52. The van der Waals surface area contributed by atoms with Crippen molar-refractivity contribution < 1.29 is 9.13 Å². The molecule has 0 aliphatic heterocycles. The average Bonchev–Trinajstić information content (AvgIpc) is 2.44. The first-order chi connectivity index (χ1) is 9.29. The number of ether oxygens (including phenoxy) is 1. The molecule has 3 heteroatoms. The molecule has 0 N–H and O–H groups in total. The molecule has 1 nitrogen and oxygen atoms in total. The van der Waals surface area contributed by atoms with Crippen LogP contribution in [0.15, 0.2) is 18.2 Å². The van der Waals surface area contributed by atoms with Gasteiger partial charge in [-0.2, -0.15) is 0 Å². The summed E-state index contributed by atoms with van der Waals surface area (Å²) in [7, 11) is 0. The number of hydrogen-bond acceptors (Lipinski definition) is 1. The van der Waals surface area contributed by atoms with Crippen molar-refractivity contribution >= 4 is 11.6 Å². The molecule has 0 saturated heterocycles. The van der Waals surface area contributed by atoms with E-state index in [1.165, 1.54) is 25.3 Å². The average molecular weight is 281 g/mol. The Morgan fingerprint density at radius 3 is 2.79 bits per heavy atom. The van der Waals surface area contributed by atoms with Crippen molar-refractivity contribution in [1.29, 1.82) is 0 Å². The Labute approximate surface area is 119 Å². The standard InChI is InChI=1S/C16H18ClFO/c17-11-5-4-6-13-9-10-15(18)16(12-13)19-14-7-2-1-3-8-14/h9-10,12,14H,1-3,5,7-8,11H2. The molecule has 0 bridgehead atoms. The van der Waals surface area contributed by atoms with E-state index < -0.39 is 0 Å². The smallest absolute Gasteiger partial charge is 0.165 e. The first-order valence-electron chi connectivity index (χ1n) is 6.80. The lowest BCUT2D eigenvalue weighted by Gasteiger charge is -2.23. The second kappa shape index (κ2) is 7.40. The van der Waals surface area contributed by atoms with E-state index in [-0.39, 0.29) is 11.9 Å². The van der Waals surface area contributed by atoms with Gasteiger partial charge in [-0.3, -0.25) is 0 Å². The molecular formula is C16H18ClFO. The van der Waals surface area contributed by atoms with E-state index >= 15 is 0 Å². The fourth-order valence-electron chi connectivity index (χ4n) is 2.25. The lowest BCUT2D eigenvalue weighted by Crippen LogP contribution is -2.20. The van der Waals surface area contributed by atoms with Crippen molar-refractivity contribution in [2.24, 2.45) is 0 Å². The maximum absolute atomic E-state index is 13.7.